The number of hydrogen-bond donors (Lipinski definition) is 2. The van der Waals surface area contributed by atoms with Gasteiger partial charge < -0.3 is 19.8 Å². The van der Waals surface area contributed by atoms with E-state index >= 15 is 0 Å². The molecule has 57 heavy (non-hydrogen) atoms. The highest BCUT2D eigenvalue weighted by molar-refractivity contribution is 6.10. The zero-order chi connectivity index (χ0) is 39.4. The molecule has 6 bridgehead atoms. The van der Waals surface area contributed by atoms with Gasteiger partial charge in [-0.3, -0.25) is 4.79 Å². The van der Waals surface area contributed by atoms with Crippen LogP contribution in [-0.2, 0) is 6.42 Å². The van der Waals surface area contributed by atoms with E-state index in [4.69, 9.17) is 4.74 Å². The van der Waals surface area contributed by atoms with E-state index in [-0.39, 0.29) is 29.8 Å². The van der Waals surface area contributed by atoms with Crippen molar-refractivity contribution in [2.75, 3.05) is 13.1 Å². The standard InChI is InChI=1S/C51H59NO5/c1-34-9-8-21-49(2)46(44-19-15-35(26-42(53)17-14-34)27-45(44)47(54)40-11-4-3-5-12-40)20-22-51(49,56)33-52(32-50-29-36-23-37(30-50)25-38(24-36)31-50)48(55)57-43-18-16-39-10-6-7-13-41(39)28-43/h3-7,9-13,15-16,18-19,27-28,36-38,42,46,53,56H,8,14,17,20-26,29-33H2,1-2H3. The zero-order valence-corrected chi connectivity index (χ0v) is 33.8. The summed E-state index contributed by atoms with van der Waals surface area (Å²) in [5.41, 5.74) is 2.56. The van der Waals surface area contributed by atoms with Gasteiger partial charge in [-0.2, -0.15) is 0 Å². The fraction of sp³-hybridized carbons (Fsp3) is 0.490. The molecule has 298 valence electrons. The Hall–Kier alpha value is -4.26. The molecule has 7 aliphatic carbocycles. The zero-order valence-electron chi connectivity index (χ0n) is 33.8. The van der Waals surface area contributed by atoms with Crippen LogP contribution in [0.25, 0.3) is 10.8 Å². The number of nitrogens with zero attached hydrogens (tertiary/aromatic N) is 1. The predicted molar refractivity (Wildman–Crippen MR) is 225 cm³/mol. The average Bonchev–Trinajstić information content (AvgIpc) is 3.44. The molecule has 6 heteroatoms. The van der Waals surface area contributed by atoms with Crippen LogP contribution in [0.5, 0.6) is 5.75 Å². The van der Waals surface area contributed by atoms with Crippen molar-refractivity contribution in [2.24, 2.45) is 28.6 Å². The number of fused-ring (bicyclic) bond motifs is 9. The van der Waals surface area contributed by atoms with Gasteiger partial charge in [-0.25, -0.2) is 4.79 Å². The number of carbonyl (C=O) groups excluding carboxylic acids is 2. The Morgan fingerprint density at radius 3 is 2.25 bits per heavy atom. The summed E-state index contributed by atoms with van der Waals surface area (Å²) in [4.78, 5) is 31.1. The molecule has 0 saturated heterocycles. The molecule has 0 aromatic heterocycles. The van der Waals surface area contributed by atoms with Gasteiger partial charge in [0, 0.05) is 23.1 Å². The maximum atomic E-state index is 14.7. The number of aliphatic hydroxyl groups is 2. The first kappa shape index (κ1) is 38.3. The van der Waals surface area contributed by atoms with Gasteiger partial charge in [-0.1, -0.05) is 91.4 Å². The highest BCUT2D eigenvalue weighted by Gasteiger charge is 2.59. The summed E-state index contributed by atoms with van der Waals surface area (Å²) in [5.74, 6) is 2.54. The maximum absolute atomic E-state index is 14.7. The number of ketones is 1. The van der Waals surface area contributed by atoms with Crippen molar-refractivity contribution in [3.63, 3.8) is 0 Å². The largest absolute Gasteiger partial charge is 0.415 e. The van der Waals surface area contributed by atoms with Crippen molar-refractivity contribution in [3.8, 4) is 5.75 Å². The van der Waals surface area contributed by atoms with Crippen LogP contribution in [0.4, 0.5) is 4.79 Å². The Bertz CT molecular complexity index is 2140. The van der Waals surface area contributed by atoms with E-state index in [0.29, 0.717) is 55.5 Å². The number of carbonyl (C=O) groups is 2. The van der Waals surface area contributed by atoms with E-state index in [1.807, 2.05) is 77.7 Å². The normalized spacial score (nSPS) is 32.1. The van der Waals surface area contributed by atoms with Crippen LogP contribution < -0.4 is 4.74 Å². The molecule has 0 heterocycles. The van der Waals surface area contributed by atoms with Crippen molar-refractivity contribution < 1.29 is 24.5 Å². The molecular weight excluding hydrogens is 707 g/mol. The number of benzene rings is 4. The second-order valence-electron chi connectivity index (χ2n) is 19.3. The Balaban J connectivity index is 1.10. The monoisotopic (exact) mass is 765 g/mol. The van der Waals surface area contributed by atoms with Gasteiger partial charge in [0.2, 0.25) is 0 Å². The fourth-order valence-corrected chi connectivity index (χ4v) is 12.7. The second kappa shape index (κ2) is 15.2. The smallest absolute Gasteiger partial charge is 0.410 e. The predicted octanol–water partition coefficient (Wildman–Crippen LogP) is 10.8. The van der Waals surface area contributed by atoms with E-state index in [9.17, 15) is 19.8 Å². The lowest BCUT2D eigenvalue weighted by atomic mass is 9.49. The molecule has 0 spiro atoms. The minimum atomic E-state index is -1.23. The van der Waals surface area contributed by atoms with E-state index in [1.165, 1.54) is 24.8 Å². The van der Waals surface area contributed by atoms with Crippen molar-refractivity contribution in [3.05, 3.63) is 125 Å². The maximum Gasteiger partial charge on any atom is 0.415 e. The van der Waals surface area contributed by atoms with Gasteiger partial charge in [0.25, 0.3) is 0 Å². The summed E-state index contributed by atoms with van der Waals surface area (Å²) in [5, 5.41) is 26.6. The van der Waals surface area contributed by atoms with Crippen molar-refractivity contribution >= 4 is 22.6 Å². The number of hydrogen-bond acceptors (Lipinski definition) is 5. The van der Waals surface area contributed by atoms with Gasteiger partial charge in [0.05, 0.1) is 18.2 Å². The average molecular weight is 766 g/mol. The van der Waals surface area contributed by atoms with E-state index < -0.39 is 17.1 Å². The van der Waals surface area contributed by atoms with Crippen LogP contribution in [0, 0.1) is 28.6 Å². The topological polar surface area (TPSA) is 87.1 Å². The molecule has 7 aliphatic rings. The molecule has 0 aliphatic heterocycles. The fourth-order valence-electron chi connectivity index (χ4n) is 12.7. The number of aliphatic hydroxyl groups excluding tert-OH is 1. The van der Waals surface area contributed by atoms with Crippen molar-refractivity contribution in [1.82, 2.24) is 4.90 Å². The molecule has 1 amide bonds. The molecule has 4 unspecified atom stereocenters. The SMILES string of the molecule is CC1=CCCC2(C)C(CCC2(O)CN(CC23CC4CC(CC(C4)C2)C3)C(=O)Oc2ccc3ccccc3c2)c2ccc(cc2C(=O)c2ccccc2)CC(O)CC1. The molecule has 6 nitrogen and oxygen atoms in total. The molecule has 4 aromatic carbocycles. The molecule has 5 fully saturated rings. The third kappa shape index (κ3) is 7.49. The number of ether oxygens (including phenoxy) is 1. The first-order chi connectivity index (χ1) is 27.5. The van der Waals surface area contributed by atoms with Gasteiger partial charge in [-0.15, -0.1) is 0 Å². The Morgan fingerprint density at radius 1 is 0.807 bits per heavy atom. The number of amides is 1. The van der Waals surface area contributed by atoms with Gasteiger partial charge in [-0.05, 0) is 160 Å². The van der Waals surface area contributed by atoms with Gasteiger partial charge in [0.15, 0.2) is 5.78 Å². The molecule has 4 aromatic rings. The van der Waals surface area contributed by atoms with E-state index in [2.05, 4.69) is 38.1 Å². The minimum Gasteiger partial charge on any atom is -0.410 e. The first-order valence-corrected chi connectivity index (χ1v) is 21.7. The molecule has 11 rings (SSSR count). The van der Waals surface area contributed by atoms with Crippen LogP contribution in [0.1, 0.15) is 124 Å². The summed E-state index contributed by atoms with van der Waals surface area (Å²) in [6, 6.07) is 29.6. The third-order valence-corrected chi connectivity index (χ3v) is 15.3. The highest BCUT2D eigenvalue weighted by Crippen LogP contribution is 2.62. The summed E-state index contributed by atoms with van der Waals surface area (Å²) >= 11 is 0. The summed E-state index contributed by atoms with van der Waals surface area (Å²) < 4.78 is 6.30. The summed E-state index contributed by atoms with van der Waals surface area (Å²) in [6.07, 6.45) is 13.4. The van der Waals surface area contributed by atoms with Crippen LogP contribution in [0.3, 0.4) is 0 Å². The minimum absolute atomic E-state index is 0.0371. The molecule has 0 radical (unpaired) electrons. The Morgan fingerprint density at radius 2 is 1.51 bits per heavy atom. The van der Waals surface area contributed by atoms with Crippen LogP contribution >= 0.6 is 0 Å². The van der Waals surface area contributed by atoms with Crippen LogP contribution in [0.2, 0.25) is 0 Å². The molecular formula is C51H59NO5. The van der Waals surface area contributed by atoms with Crippen molar-refractivity contribution in [2.45, 2.75) is 115 Å². The van der Waals surface area contributed by atoms with Gasteiger partial charge >= 0.3 is 6.09 Å². The quantitative estimate of drug-likeness (QED) is 0.145. The number of rotatable bonds is 7. The lowest BCUT2D eigenvalue weighted by Gasteiger charge is -2.58. The van der Waals surface area contributed by atoms with Crippen molar-refractivity contribution in [1.29, 1.82) is 0 Å². The lowest BCUT2D eigenvalue weighted by Crippen LogP contribution is -2.58. The Kier molecular flexibility index (Phi) is 10.2. The van der Waals surface area contributed by atoms with E-state index in [1.54, 1.807) is 0 Å². The number of allylic oxidation sites excluding steroid dienone is 2. The summed E-state index contributed by atoms with van der Waals surface area (Å²) in [6.45, 7) is 5.13. The van der Waals surface area contributed by atoms with E-state index in [0.717, 1.165) is 71.8 Å². The molecule has 2 N–H and O–H groups in total. The Labute approximate surface area is 338 Å². The molecule has 5 saturated carbocycles. The molecule has 4 atom stereocenters. The van der Waals surface area contributed by atoms with Gasteiger partial charge in [0.1, 0.15) is 5.75 Å². The highest BCUT2D eigenvalue weighted by atomic mass is 16.6. The summed E-state index contributed by atoms with van der Waals surface area (Å²) in [7, 11) is 0. The van der Waals surface area contributed by atoms with Crippen LogP contribution in [-0.4, -0.2) is 51.8 Å². The van der Waals surface area contributed by atoms with Crippen LogP contribution in [0.15, 0.2) is 103 Å². The third-order valence-electron chi connectivity index (χ3n) is 15.3. The lowest BCUT2D eigenvalue weighted by molar-refractivity contribution is -0.101. The second-order valence-corrected chi connectivity index (χ2v) is 19.3. The first-order valence-electron chi connectivity index (χ1n) is 21.7.